The molecule has 0 amide bonds. The average Bonchev–Trinajstić information content (AvgIpc) is 2.71. The Hall–Kier alpha value is -3.42. The van der Waals surface area contributed by atoms with E-state index >= 15 is 0 Å². The van der Waals surface area contributed by atoms with Crippen molar-refractivity contribution in [1.29, 1.82) is 0 Å². The van der Waals surface area contributed by atoms with Gasteiger partial charge in [-0.2, -0.15) is 26.3 Å². The van der Waals surface area contributed by atoms with Crippen LogP contribution in [0.5, 0.6) is 0 Å². The smallest absolute Gasteiger partial charge is 0.289 e. The molecule has 0 radical (unpaired) electrons. The van der Waals surface area contributed by atoms with Crippen LogP contribution < -0.4 is 0 Å². The summed E-state index contributed by atoms with van der Waals surface area (Å²) in [4.78, 5) is 25.7. The highest BCUT2D eigenvalue weighted by molar-refractivity contribution is 6.19. The number of hydrogen-bond acceptors (Lipinski definition) is 2. The molecule has 3 aromatic rings. The molecule has 0 spiro atoms. The van der Waals surface area contributed by atoms with E-state index in [9.17, 15) is 35.9 Å². The summed E-state index contributed by atoms with van der Waals surface area (Å²) in [5.74, 6) is -1.84. The molecule has 8 heteroatoms. The van der Waals surface area contributed by atoms with Gasteiger partial charge in [0.1, 0.15) is 0 Å². The van der Waals surface area contributed by atoms with E-state index in [1.807, 2.05) is 0 Å². The standard InChI is InChI=1S/C22H12F6O2/c23-21(24,25)15-8-4-7-14(11-15)20(30)17-10-9-16(22(26,27)28)12-18(17)19(29)13-5-2-1-3-6-13/h1-12H. The highest BCUT2D eigenvalue weighted by Gasteiger charge is 2.34. The van der Waals surface area contributed by atoms with Gasteiger partial charge in [0.05, 0.1) is 11.1 Å². The maximum Gasteiger partial charge on any atom is 0.416 e. The Morgan fingerprint density at radius 2 is 1.07 bits per heavy atom. The van der Waals surface area contributed by atoms with Crippen LogP contribution in [0.2, 0.25) is 0 Å². The molecule has 0 atom stereocenters. The van der Waals surface area contributed by atoms with Gasteiger partial charge in [-0.3, -0.25) is 9.59 Å². The number of hydrogen-bond donors (Lipinski definition) is 0. The van der Waals surface area contributed by atoms with Crippen LogP contribution in [-0.2, 0) is 12.4 Å². The number of halogens is 6. The summed E-state index contributed by atoms with van der Waals surface area (Å²) in [6.45, 7) is 0. The molecule has 0 aliphatic heterocycles. The Morgan fingerprint density at radius 3 is 1.67 bits per heavy atom. The molecule has 2 nitrogen and oxygen atoms in total. The van der Waals surface area contributed by atoms with Crippen molar-refractivity contribution < 1.29 is 35.9 Å². The van der Waals surface area contributed by atoms with Crippen molar-refractivity contribution in [3.63, 3.8) is 0 Å². The fourth-order valence-electron chi connectivity index (χ4n) is 2.84. The zero-order valence-electron chi connectivity index (χ0n) is 15.0. The SMILES string of the molecule is O=C(c1cccc(C(F)(F)F)c1)c1ccc(C(F)(F)F)cc1C(=O)c1ccccc1. The van der Waals surface area contributed by atoms with E-state index in [-0.39, 0.29) is 5.56 Å². The lowest BCUT2D eigenvalue weighted by atomic mass is 9.91. The van der Waals surface area contributed by atoms with E-state index in [4.69, 9.17) is 0 Å². The summed E-state index contributed by atoms with van der Waals surface area (Å²) in [5.41, 5.74) is -3.56. The summed E-state index contributed by atoms with van der Waals surface area (Å²) in [6, 6.07) is 12.7. The van der Waals surface area contributed by atoms with Crippen LogP contribution in [0.1, 0.15) is 43.0 Å². The van der Waals surface area contributed by atoms with Gasteiger partial charge in [0, 0.05) is 22.3 Å². The Bertz CT molecular complexity index is 1100. The van der Waals surface area contributed by atoms with E-state index in [0.29, 0.717) is 18.2 Å². The summed E-state index contributed by atoms with van der Waals surface area (Å²) in [6.07, 6.45) is -9.48. The minimum atomic E-state index is -4.77. The fraction of sp³-hybridized carbons (Fsp3) is 0.0909. The Morgan fingerprint density at radius 1 is 0.533 bits per heavy atom. The van der Waals surface area contributed by atoms with E-state index < -0.39 is 51.7 Å². The van der Waals surface area contributed by atoms with Crippen LogP contribution in [0, 0.1) is 0 Å². The first kappa shape index (κ1) is 21.3. The second kappa shape index (κ2) is 7.78. The number of ketones is 2. The maximum absolute atomic E-state index is 13.2. The topological polar surface area (TPSA) is 34.1 Å². The Balaban J connectivity index is 2.15. The Kier molecular flexibility index (Phi) is 5.52. The zero-order valence-corrected chi connectivity index (χ0v) is 15.0. The van der Waals surface area contributed by atoms with Crippen molar-refractivity contribution in [2.45, 2.75) is 12.4 Å². The number of rotatable bonds is 4. The molecule has 0 aliphatic rings. The lowest BCUT2D eigenvalue weighted by Crippen LogP contribution is -2.15. The van der Waals surface area contributed by atoms with Gasteiger partial charge >= 0.3 is 12.4 Å². The molecule has 0 saturated carbocycles. The third kappa shape index (κ3) is 4.42. The fourth-order valence-corrected chi connectivity index (χ4v) is 2.84. The zero-order chi connectivity index (χ0) is 22.1. The van der Waals surface area contributed by atoms with Gasteiger partial charge in [-0.1, -0.05) is 42.5 Å². The van der Waals surface area contributed by atoms with Crippen molar-refractivity contribution in [3.05, 3.63) is 106 Å². The Labute approximate surface area is 166 Å². The molecule has 30 heavy (non-hydrogen) atoms. The van der Waals surface area contributed by atoms with Crippen molar-refractivity contribution in [2.24, 2.45) is 0 Å². The molecular weight excluding hydrogens is 410 g/mol. The van der Waals surface area contributed by atoms with Crippen molar-refractivity contribution >= 4 is 11.6 Å². The maximum atomic E-state index is 13.2. The van der Waals surface area contributed by atoms with Crippen LogP contribution in [0.3, 0.4) is 0 Å². The van der Waals surface area contributed by atoms with Crippen LogP contribution in [0.25, 0.3) is 0 Å². The first-order valence-electron chi connectivity index (χ1n) is 8.51. The lowest BCUT2D eigenvalue weighted by molar-refractivity contribution is -0.138. The van der Waals surface area contributed by atoms with Crippen LogP contribution in [-0.4, -0.2) is 11.6 Å². The largest absolute Gasteiger partial charge is 0.416 e. The predicted octanol–water partition coefficient (Wildman–Crippen LogP) is 6.19. The molecule has 0 fully saturated rings. The highest BCUT2D eigenvalue weighted by Crippen LogP contribution is 2.33. The average molecular weight is 422 g/mol. The highest BCUT2D eigenvalue weighted by atomic mass is 19.4. The second-order valence-corrected chi connectivity index (χ2v) is 6.36. The molecule has 3 aromatic carbocycles. The molecule has 154 valence electrons. The molecule has 0 heterocycles. The first-order chi connectivity index (χ1) is 14.0. The molecule has 0 N–H and O–H groups in total. The molecule has 0 unspecified atom stereocenters. The van der Waals surface area contributed by atoms with Gasteiger partial charge < -0.3 is 0 Å². The molecule has 0 aliphatic carbocycles. The van der Waals surface area contributed by atoms with Crippen LogP contribution in [0.4, 0.5) is 26.3 Å². The first-order valence-corrected chi connectivity index (χ1v) is 8.51. The lowest BCUT2D eigenvalue weighted by Gasteiger charge is -2.13. The second-order valence-electron chi connectivity index (χ2n) is 6.36. The van der Waals surface area contributed by atoms with Gasteiger partial charge in [-0.25, -0.2) is 0 Å². The van der Waals surface area contributed by atoms with E-state index in [2.05, 4.69) is 0 Å². The van der Waals surface area contributed by atoms with E-state index in [0.717, 1.165) is 24.3 Å². The predicted molar refractivity (Wildman–Crippen MR) is 96.2 cm³/mol. The van der Waals surface area contributed by atoms with Crippen molar-refractivity contribution in [2.75, 3.05) is 0 Å². The summed E-state index contributed by atoms with van der Waals surface area (Å²) < 4.78 is 78.3. The summed E-state index contributed by atoms with van der Waals surface area (Å²) >= 11 is 0. The van der Waals surface area contributed by atoms with E-state index in [1.165, 1.54) is 24.3 Å². The van der Waals surface area contributed by atoms with Crippen LogP contribution in [0.15, 0.2) is 72.8 Å². The third-order valence-electron chi connectivity index (χ3n) is 4.32. The van der Waals surface area contributed by atoms with Gasteiger partial charge in [0.2, 0.25) is 0 Å². The molecular formula is C22H12F6O2. The van der Waals surface area contributed by atoms with Gasteiger partial charge in [-0.15, -0.1) is 0 Å². The monoisotopic (exact) mass is 422 g/mol. The quantitative estimate of drug-likeness (QED) is 0.371. The van der Waals surface area contributed by atoms with Crippen LogP contribution >= 0.6 is 0 Å². The van der Waals surface area contributed by atoms with Gasteiger partial charge in [0.15, 0.2) is 11.6 Å². The minimum Gasteiger partial charge on any atom is -0.289 e. The summed E-state index contributed by atoms with van der Waals surface area (Å²) in [5, 5.41) is 0. The third-order valence-corrected chi connectivity index (χ3v) is 4.32. The molecule has 0 aromatic heterocycles. The number of carbonyl (C=O) groups excluding carboxylic acids is 2. The number of alkyl halides is 6. The minimum absolute atomic E-state index is 0.0370. The van der Waals surface area contributed by atoms with E-state index in [1.54, 1.807) is 6.07 Å². The van der Waals surface area contributed by atoms with Gasteiger partial charge in [-0.05, 0) is 30.3 Å². The van der Waals surface area contributed by atoms with Gasteiger partial charge in [0.25, 0.3) is 0 Å². The molecule has 0 bridgehead atoms. The number of carbonyl (C=O) groups is 2. The van der Waals surface area contributed by atoms with Crippen molar-refractivity contribution in [3.8, 4) is 0 Å². The summed E-state index contributed by atoms with van der Waals surface area (Å²) in [7, 11) is 0. The normalized spacial score (nSPS) is 11.9. The van der Waals surface area contributed by atoms with Crippen molar-refractivity contribution in [1.82, 2.24) is 0 Å². The molecule has 3 rings (SSSR count). The molecule has 0 saturated heterocycles. The number of benzene rings is 3.